The van der Waals surface area contributed by atoms with Crippen LogP contribution in [0.4, 0.5) is 36.7 Å². The predicted molar refractivity (Wildman–Crippen MR) is 118 cm³/mol. The molecule has 4 rings (SSSR count). The number of anilines is 1. The lowest BCUT2D eigenvalue weighted by atomic mass is 9.84. The van der Waals surface area contributed by atoms with Gasteiger partial charge >= 0.3 is 24.3 Å². The van der Waals surface area contributed by atoms with Crippen LogP contribution < -0.4 is 4.90 Å². The van der Waals surface area contributed by atoms with E-state index < -0.39 is 30.1 Å². The molecule has 4 heterocycles. The standard InChI is InChI=1S/C18H23FN4O2.2C2HF3O2/c1-22(10-15-3-2-6-24-15)11-17-16-4-5-23(9-13(16)12-25-17)18-20-7-14(19)8-21-18;2*3-2(4,5)1(6)7/h2-3,6-8,13,16-17H,4-5,9-12H2,1H3;2*(H,6,7)/t13-,16-,17+;;/m0../s1. The molecule has 218 valence electrons. The zero-order chi connectivity index (χ0) is 29.4. The summed E-state index contributed by atoms with van der Waals surface area (Å²) in [5.41, 5.74) is 0. The number of hydrogen-bond donors (Lipinski definition) is 2. The van der Waals surface area contributed by atoms with Crippen LogP contribution in [0.5, 0.6) is 0 Å². The second kappa shape index (κ2) is 13.5. The molecule has 0 bridgehead atoms. The Bertz CT molecular complexity index is 1030. The summed E-state index contributed by atoms with van der Waals surface area (Å²) in [5.74, 6) is -3.30. The summed E-state index contributed by atoms with van der Waals surface area (Å²) in [7, 11) is 2.10. The van der Waals surface area contributed by atoms with Crippen LogP contribution in [-0.2, 0) is 20.9 Å². The van der Waals surface area contributed by atoms with Crippen molar-refractivity contribution in [3.05, 3.63) is 42.4 Å². The third-order valence-corrected chi connectivity index (χ3v) is 5.67. The number of aliphatic carboxylic acids is 2. The smallest absolute Gasteiger partial charge is 0.475 e. The molecule has 39 heavy (non-hydrogen) atoms. The van der Waals surface area contributed by atoms with Crippen molar-refractivity contribution in [2.75, 3.05) is 38.2 Å². The minimum atomic E-state index is -5.08. The largest absolute Gasteiger partial charge is 0.490 e. The number of halogens is 7. The number of nitrogens with zero attached hydrogens (tertiary/aromatic N) is 4. The Morgan fingerprint density at radius 2 is 1.67 bits per heavy atom. The number of likely N-dealkylation sites (N-methyl/N-ethyl adjacent to an activating group) is 1. The fraction of sp³-hybridized carbons (Fsp3) is 0.545. The quantitative estimate of drug-likeness (QED) is 0.513. The Morgan fingerprint density at radius 1 is 1.10 bits per heavy atom. The van der Waals surface area contributed by atoms with Crippen LogP contribution in [0.3, 0.4) is 0 Å². The fourth-order valence-electron chi connectivity index (χ4n) is 3.97. The third kappa shape index (κ3) is 10.3. The average molecular weight is 574 g/mol. The molecule has 2 aliphatic rings. The first-order valence-corrected chi connectivity index (χ1v) is 11.2. The number of carboxylic acids is 2. The summed E-state index contributed by atoms with van der Waals surface area (Å²) < 4.78 is 88.0. The number of furan rings is 1. The van der Waals surface area contributed by atoms with Gasteiger partial charge in [-0.05, 0) is 31.5 Å². The van der Waals surface area contributed by atoms with Crippen molar-refractivity contribution >= 4 is 17.9 Å². The molecule has 0 aromatic carbocycles. The molecule has 2 N–H and O–H groups in total. The minimum absolute atomic E-state index is 0.251. The lowest BCUT2D eigenvalue weighted by Gasteiger charge is -2.36. The Kier molecular flexibility index (Phi) is 11.0. The first kappa shape index (κ1) is 31.7. The molecule has 0 aliphatic carbocycles. The maximum Gasteiger partial charge on any atom is 0.490 e. The lowest BCUT2D eigenvalue weighted by Crippen LogP contribution is -2.44. The fourth-order valence-corrected chi connectivity index (χ4v) is 3.97. The summed E-state index contributed by atoms with van der Waals surface area (Å²) in [6, 6.07) is 3.91. The van der Waals surface area contributed by atoms with Crippen molar-refractivity contribution in [2.24, 2.45) is 11.8 Å². The topological polar surface area (TPSA) is 129 Å². The third-order valence-electron chi connectivity index (χ3n) is 5.67. The monoisotopic (exact) mass is 574 g/mol. The van der Waals surface area contributed by atoms with Gasteiger partial charge in [-0.25, -0.2) is 23.9 Å². The van der Waals surface area contributed by atoms with Crippen LogP contribution in [0.15, 0.2) is 35.2 Å². The van der Waals surface area contributed by atoms with Crippen molar-refractivity contribution in [3.63, 3.8) is 0 Å². The first-order valence-electron chi connectivity index (χ1n) is 11.2. The summed E-state index contributed by atoms with van der Waals surface area (Å²) in [5, 5.41) is 14.2. The van der Waals surface area contributed by atoms with Crippen molar-refractivity contribution < 1.29 is 59.7 Å². The molecular weight excluding hydrogens is 549 g/mol. The molecule has 2 saturated heterocycles. The molecule has 0 unspecified atom stereocenters. The van der Waals surface area contributed by atoms with Gasteiger partial charge in [-0.2, -0.15) is 26.3 Å². The normalized spacial score (nSPS) is 20.8. The van der Waals surface area contributed by atoms with Crippen molar-refractivity contribution in [1.82, 2.24) is 14.9 Å². The van der Waals surface area contributed by atoms with Gasteiger partial charge in [-0.1, -0.05) is 0 Å². The van der Waals surface area contributed by atoms with E-state index in [4.69, 9.17) is 29.0 Å². The Morgan fingerprint density at radius 3 is 2.15 bits per heavy atom. The Hall–Kier alpha value is -3.47. The van der Waals surface area contributed by atoms with E-state index in [-0.39, 0.29) is 6.10 Å². The van der Waals surface area contributed by atoms with Crippen LogP contribution in [0, 0.1) is 17.7 Å². The molecule has 3 atom stereocenters. The van der Waals surface area contributed by atoms with E-state index in [1.165, 1.54) is 12.4 Å². The maximum atomic E-state index is 13.0. The highest BCUT2D eigenvalue weighted by Gasteiger charge is 2.42. The highest BCUT2D eigenvalue weighted by molar-refractivity contribution is 5.73. The number of carboxylic acid groups (broad SMARTS) is 2. The lowest BCUT2D eigenvalue weighted by molar-refractivity contribution is -0.193. The highest BCUT2D eigenvalue weighted by Crippen LogP contribution is 2.35. The van der Waals surface area contributed by atoms with E-state index in [1.54, 1.807) is 6.26 Å². The van der Waals surface area contributed by atoms with E-state index in [0.717, 1.165) is 45.0 Å². The van der Waals surface area contributed by atoms with Gasteiger partial charge in [0.25, 0.3) is 0 Å². The molecular formula is C22H25F7N4O6. The summed E-state index contributed by atoms with van der Waals surface area (Å²) in [4.78, 5) is 30.4. The number of hydrogen-bond acceptors (Lipinski definition) is 8. The molecule has 2 aromatic heterocycles. The zero-order valence-corrected chi connectivity index (χ0v) is 20.3. The van der Waals surface area contributed by atoms with Gasteiger partial charge in [-0.15, -0.1) is 0 Å². The minimum Gasteiger partial charge on any atom is -0.475 e. The van der Waals surface area contributed by atoms with Crippen molar-refractivity contribution in [2.45, 2.75) is 31.4 Å². The van der Waals surface area contributed by atoms with E-state index >= 15 is 0 Å². The number of ether oxygens (including phenoxy) is 1. The Labute approximate surface area is 217 Å². The van der Waals surface area contributed by atoms with Crippen molar-refractivity contribution in [1.29, 1.82) is 0 Å². The highest BCUT2D eigenvalue weighted by atomic mass is 19.4. The number of carbonyl (C=O) groups is 2. The van der Waals surface area contributed by atoms with Gasteiger partial charge in [0, 0.05) is 25.6 Å². The van der Waals surface area contributed by atoms with Crippen molar-refractivity contribution in [3.8, 4) is 0 Å². The average Bonchev–Trinajstić information content (AvgIpc) is 3.49. The van der Waals surface area contributed by atoms with Gasteiger partial charge in [0.05, 0.1) is 37.9 Å². The van der Waals surface area contributed by atoms with E-state index in [9.17, 15) is 30.7 Å². The van der Waals surface area contributed by atoms with Crippen LogP contribution in [0.2, 0.25) is 0 Å². The molecule has 0 spiro atoms. The summed E-state index contributed by atoms with van der Waals surface area (Å²) in [6.45, 7) is 4.21. The summed E-state index contributed by atoms with van der Waals surface area (Å²) >= 11 is 0. The second-order valence-corrected chi connectivity index (χ2v) is 8.61. The molecule has 0 saturated carbocycles. The SMILES string of the molecule is CN(Cc1ccco1)C[C@H]1OC[C@@H]2CN(c3ncc(F)cn3)CC[C@@H]21.O=C(O)C(F)(F)F.O=C(O)C(F)(F)F. The number of fused-ring (bicyclic) bond motifs is 1. The van der Waals surface area contributed by atoms with E-state index in [1.807, 2.05) is 12.1 Å². The van der Waals surface area contributed by atoms with Gasteiger partial charge in [0.15, 0.2) is 5.82 Å². The molecule has 2 fully saturated rings. The molecule has 0 amide bonds. The zero-order valence-electron chi connectivity index (χ0n) is 20.3. The van der Waals surface area contributed by atoms with Gasteiger partial charge in [0.1, 0.15) is 5.76 Å². The number of alkyl halides is 6. The second-order valence-electron chi connectivity index (χ2n) is 8.61. The van der Waals surface area contributed by atoms with E-state index in [0.29, 0.717) is 17.8 Å². The first-order chi connectivity index (χ1) is 18.1. The van der Waals surface area contributed by atoms with Crippen LogP contribution in [-0.4, -0.2) is 88.8 Å². The molecule has 2 aliphatic heterocycles. The number of rotatable bonds is 5. The van der Waals surface area contributed by atoms with Gasteiger partial charge < -0.3 is 24.3 Å². The van der Waals surface area contributed by atoms with Gasteiger partial charge in [-0.3, -0.25) is 4.90 Å². The summed E-state index contributed by atoms with van der Waals surface area (Å²) in [6.07, 6.45) is -4.71. The maximum absolute atomic E-state index is 13.0. The van der Waals surface area contributed by atoms with Gasteiger partial charge in [0.2, 0.25) is 5.95 Å². The Balaban J connectivity index is 0.000000317. The van der Waals surface area contributed by atoms with Crippen LogP contribution >= 0.6 is 0 Å². The number of piperidine rings is 1. The molecule has 2 aromatic rings. The number of aromatic nitrogens is 2. The predicted octanol–water partition coefficient (Wildman–Crippen LogP) is 3.45. The molecule has 10 nitrogen and oxygen atoms in total. The van der Waals surface area contributed by atoms with Crippen LogP contribution in [0.1, 0.15) is 12.2 Å². The molecule has 0 radical (unpaired) electrons. The van der Waals surface area contributed by atoms with Crippen LogP contribution in [0.25, 0.3) is 0 Å². The van der Waals surface area contributed by atoms with E-state index in [2.05, 4.69) is 26.8 Å². The molecule has 17 heteroatoms.